The second-order valence-electron chi connectivity index (χ2n) is 7.21. The highest BCUT2D eigenvalue weighted by Gasteiger charge is 2.41. The molecule has 1 N–H and O–H groups in total. The Bertz CT molecular complexity index is 1180. The summed E-state index contributed by atoms with van der Waals surface area (Å²) >= 11 is 11.8. The molecule has 0 unspecified atom stereocenters. The molecule has 1 aliphatic heterocycles. The molecule has 1 fully saturated rings. The van der Waals surface area contributed by atoms with Crippen LogP contribution in [0.4, 0.5) is 0 Å². The number of pyridine rings is 3. The number of hydrogen-bond acceptors (Lipinski definition) is 4. The van der Waals surface area contributed by atoms with Gasteiger partial charge in [-0.1, -0.05) is 23.7 Å². The van der Waals surface area contributed by atoms with Crippen LogP contribution in [0.15, 0.2) is 85.5 Å². The van der Waals surface area contributed by atoms with Crippen LogP contribution in [0.5, 0.6) is 0 Å². The molecule has 0 spiro atoms. The molecule has 0 bridgehead atoms. The minimum atomic E-state index is -0.113. The first-order chi connectivity index (χ1) is 15.2. The highest BCUT2D eigenvalue weighted by Crippen LogP contribution is 2.40. The zero-order valence-electron chi connectivity index (χ0n) is 16.5. The van der Waals surface area contributed by atoms with Crippen molar-refractivity contribution < 1.29 is 0 Å². The molecule has 0 radical (unpaired) electrons. The summed E-state index contributed by atoms with van der Waals surface area (Å²) < 4.78 is 2.07. The maximum Gasteiger partial charge on any atom is 0.170 e. The lowest BCUT2D eigenvalue weighted by Gasteiger charge is -2.28. The van der Waals surface area contributed by atoms with Crippen molar-refractivity contribution in [3.8, 4) is 5.82 Å². The summed E-state index contributed by atoms with van der Waals surface area (Å²) in [6.07, 6.45) is 7.26. The molecule has 154 valence electrons. The van der Waals surface area contributed by atoms with Gasteiger partial charge in [-0.15, -0.1) is 0 Å². The Kier molecular flexibility index (Phi) is 5.36. The Hall–Kier alpha value is -3.29. The first-order valence-corrected chi connectivity index (χ1v) is 10.7. The van der Waals surface area contributed by atoms with Gasteiger partial charge in [-0.25, -0.2) is 4.98 Å². The van der Waals surface area contributed by atoms with Crippen LogP contribution in [0.2, 0.25) is 5.02 Å². The standard InChI is InChI=1S/C23H19ClN6S/c24-16-9-10-20(27-14-16)29-13-5-8-19(29)22-21(18-7-2-4-12-26-18)28-23(31)30(22)15-17-6-1-3-11-25-17/h1-14,21-22H,15H2,(H,28,31)/t21-,22-/m0/s1. The number of hydrogen-bond donors (Lipinski definition) is 1. The van der Waals surface area contributed by atoms with E-state index in [4.69, 9.17) is 23.8 Å². The van der Waals surface area contributed by atoms with Gasteiger partial charge >= 0.3 is 0 Å². The largest absolute Gasteiger partial charge is 0.352 e. The average molecular weight is 447 g/mol. The minimum absolute atomic E-state index is 0.100. The van der Waals surface area contributed by atoms with Crippen LogP contribution in [0.3, 0.4) is 0 Å². The first kappa shape index (κ1) is 19.7. The minimum Gasteiger partial charge on any atom is -0.352 e. The predicted octanol–water partition coefficient (Wildman–Crippen LogP) is 4.49. The second-order valence-corrected chi connectivity index (χ2v) is 8.04. The molecule has 2 atom stereocenters. The van der Waals surface area contributed by atoms with Crippen LogP contribution >= 0.6 is 23.8 Å². The number of thiocarbonyl (C=S) groups is 1. The van der Waals surface area contributed by atoms with Crippen molar-refractivity contribution in [1.82, 2.24) is 29.7 Å². The molecule has 6 nitrogen and oxygen atoms in total. The van der Waals surface area contributed by atoms with Crippen LogP contribution in [0, 0.1) is 0 Å². The van der Waals surface area contributed by atoms with Gasteiger partial charge in [0.25, 0.3) is 0 Å². The van der Waals surface area contributed by atoms with Crippen molar-refractivity contribution in [2.24, 2.45) is 0 Å². The van der Waals surface area contributed by atoms with Gasteiger partial charge in [-0.3, -0.25) is 9.97 Å². The topological polar surface area (TPSA) is 58.9 Å². The summed E-state index contributed by atoms with van der Waals surface area (Å²) in [5.74, 6) is 0.791. The van der Waals surface area contributed by atoms with Crippen molar-refractivity contribution in [1.29, 1.82) is 0 Å². The molecule has 0 aromatic carbocycles. The third-order valence-corrected chi connectivity index (χ3v) is 5.87. The lowest BCUT2D eigenvalue weighted by atomic mass is 10.0. The molecule has 8 heteroatoms. The van der Waals surface area contributed by atoms with Crippen LogP contribution in [0.1, 0.15) is 29.2 Å². The third-order valence-electron chi connectivity index (χ3n) is 5.30. The zero-order chi connectivity index (χ0) is 21.2. The molecular formula is C23H19ClN6S. The molecule has 5 heterocycles. The maximum atomic E-state index is 6.05. The monoisotopic (exact) mass is 446 g/mol. The van der Waals surface area contributed by atoms with Crippen LogP contribution in [0.25, 0.3) is 5.82 Å². The Morgan fingerprint density at radius 2 is 1.77 bits per heavy atom. The Balaban J connectivity index is 1.60. The van der Waals surface area contributed by atoms with Gasteiger partial charge < -0.3 is 14.8 Å². The highest BCUT2D eigenvalue weighted by molar-refractivity contribution is 7.80. The predicted molar refractivity (Wildman–Crippen MR) is 124 cm³/mol. The normalized spacial score (nSPS) is 18.2. The molecule has 1 saturated heterocycles. The van der Waals surface area contributed by atoms with E-state index in [2.05, 4.69) is 35.8 Å². The number of nitrogens with zero attached hydrogens (tertiary/aromatic N) is 5. The van der Waals surface area contributed by atoms with Crippen molar-refractivity contribution in [3.63, 3.8) is 0 Å². The SMILES string of the molecule is S=C1N[C@@H](c2ccccn2)[C@H](c2cccn2-c2ccc(Cl)cn2)N1Cc1ccccn1. The van der Waals surface area contributed by atoms with Crippen LogP contribution in [-0.2, 0) is 6.54 Å². The number of nitrogens with one attached hydrogen (secondary N) is 1. The number of halogens is 1. The summed E-state index contributed by atoms with van der Waals surface area (Å²) in [5, 5.41) is 4.75. The molecule has 4 aromatic heterocycles. The molecule has 1 aliphatic rings. The van der Waals surface area contributed by atoms with Gasteiger partial charge in [-0.05, 0) is 60.7 Å². The lowest BCUT2D eigenvalue weighted by molar-refractivity contribution is 0.299. The summed E-state index contributed by atoms with van der Waals surface area (Å²) in [6.45, 7) is 0.583. The fraction of sp³-hybridized carbons (Fsp3) is 0.130. The zero-order valence-corrected chi connectivity index (χ0v) is 18.0. The Morgan fingerprint density at radius 3 is 2.48 bits per heavy atom. The maximum absolute atomic E-state index is 6.05. The van der Waals surface area contributed by atoms with E-state index in [0.29, 0.717) is 16.7 Å². The van der Waals surface area contributed by atoms with Crippen LogP contribution in [-0.4, -0.2) is 29.5 Å². The average Bonchev–Trinajstić information content (AvgIpc) is 3.40. The molecule has 5 rings (SSSR count). The van der Waals surface area contributed by atoms with E-state index >= 15 is 0 Å². The number of aromatic nitrogens is 4. The van der Waals surface area contributed by atoms with Gasteiger partial charge in [0, 0.05) is 30.5 Å². The summed E-state index contributed by atoms with van der Waals surface area (Å²) in [7, 11) is 0. The first-order valence-electron chi connectivity index (χ1n) is 9.88. The summed E-state index contributed by atoms with van der Waals surface area (Å²) in [6, 6.07) is 19.5. The van der Waals surface area contributed by atoms with Crippen molar-refractivity contribution in [3.05, 3.63) is 108 Å². The van der Waals surface area contributed by atoms with E-state index in [-0.39, 0.29) is 12.1 Å². The van der Waals surface area contributed by atoms with Gasteiger partial charge in [0.15, 0.2) is 5.11 Å². The smallest absolute Gasteiger partial charge is 0.170 e. The Labute approximate surface area is 190 Å². The van der Waals surface area contributed by atoms with Crippen LogP contribution < -0.4 is 5.32 Å². The summed E-state index contributed by atoms with van der Waals surface area (Å²) in [5.41, 5.74) is 2.92. The molecular weight excluding hydrogens is 428 g/mol. The fourth-order valence-electron chi connectivity index (χ4n) is 3.92. The lowest BCUT2D eigenvalue weighted by Crippen LogP contribution is -2.30. The van der Waals surface area contributed by atoms with Crippen molar-refractivity contribution >= 4 is 28.9 Å². The van der Waals surface area contributed by atoms with Gasteiger partial charge in [0.05, 0.1) is 35.0 Å². The quantitative estimate of drug-likeness (QED) is 0.456. The van der Waals surface area contributed by atoms with Crippen molar-refractivity contribution in [2.75, 3.05) is 0 Å². The molecule has 4 aromatic rings. The fourth-order valence-corrected chi connectivity index (χ4v) is 4.33. The van der Waals surface area contributed by atoms with E-state index in [1.165, 1.54) is 0 Å². The molecule has 0 saturated carbocycles. The highest BCUT2D eigenvalue weighted by atomic mass is 35.5. The van der Waals surface area contributed by atoms with E-state index in [1.807, 2.05) is 60.8 Å². The number of rotatable bonds is 5. The van der Waals surface area contributed by atoms with E-state index in [0.717, 1.165) is 22.9 Å². The van der Waals surface area contributed by atoms with E-state index in [1.54, 1.807) is 18.6 Å². The third kappa shape index (κ3) is 3.89. The van der Waals surface area contributed by atoms with Crippen molar-refractivity contribution in [2.45, 2.75) is 18.6 Å². The second kappa shape index (κ2) is 8.45. The Morgan fingerprint density at radius 1 is 0.935 bits per heavy atom. The molecule has 0 amide bonds. The van der Waals surface area contributed by atoms with Gasteiger partial charge in [0.2, 0.25) is 0 Å². The molecule has 31 heavy (non-hydrogen) atoms. The van der Waals surface area contributed by atoms with E-state index in [9.17, 15) is 0 Å². The summed E-state index contributed by atoms with van der Waals surface area (Å²) in [4.78, 5) is 15.8. The van der Waals surface area contributed by atoms with E-state index < -0.39 is 0 Å². The molecule has 0 aliphatic carbocycles. The van der Waals surface area contributed by atoms with Gasteiger partial charge in [-0.2, -0.15) is 0 Å². The van der Waals surface area contributed by atoms with Gasteiger partial charge in [0.1, 0.15) is 5.82 Å².